The van der Waals surface area contributed by atoms with Gasteiger partial charge in [0.2, 0.25) is 6.41 Å². The molecule has 0 bridgehead atoms. The first-order chi connectivity index (χ1) is 12.5. The van der Waals surface area contributed by atoms with Crippen LogP contribution in [0.25, 0.3) is 11.3 Å². The summed E-state index contributed by atoms with van der Waals surface area (Å²) >= 11 is 0. The number of nitrogens with zero attached hydrogens (tertiary/aromatic N) is 3. The zero-order valence-electron chi connectivity index (χ0n) is 14.0. The summed E-state index contributed by atoms with van der Waals surface area (Å²) in [5.74, 6) is 1.83. The van der Waals surface area contributed by atoms with Crippen molar-refractivity contribution in [1.29, 1.82) is 0 Å². The van der Waals surface area contributed by atoms with Crippen LogP contribution in [0.3, 0.4) is 0 Å². The SMILES string of the molecule is O=CNCC(F)(F)F.c1ncc(-c2ccc(CN3CCNCC3)o2)cn1. The molecule has 26 heavy (non-hydrogen) atoms. The Hall–Kier alpha value is -2.46. The van der Waals surface area contributed by atoms with Gasteiger partial charge in [-0.1, -0.05) is 0 Å². The van der Waals surface area contributed by atoms with Crippen molar-refractivity contribution >= 4 is 6.41 Å². The Kier molecular flexibility index (Phi) is 7.54. The van der Waals surface area contributed by atoms with E-state index in [2.05, 4.69) is 20.2 Å². The molecule has 0 unspecified atom stereocenters. The van der Waals surface area contributed by atoms with E-state index >= 15 is 0 Å². The van der Waals surface area contributed by atoms with Crippen LogP contribution >= 0.6 is 0 Å². The molecule has 0 atom stereocenters. The van der Waals surface area contributed by atoms with Crippen molar-refractivity contribution in [3.8, 4) is 11.3 Å². The molecular formula is C16H20F3N5O2. The Balaban J connectivity index is 0.000000260. The zero-order chi connectivity index (χ0) is 18.8. The second-order valence-corrected chi connectivity index (χ2v) is 5.53. The molecule has 0 aliphatic carbocycles. The Morgan fingerprint density at radius 1 is 1.23 bits per heavy atom. The van der Waals surface area contributed by atoms with Gasteiger partial charge in [0.05, 0.1) is 12.1 Å². The van der Waals surface area contributed by atoms with Gasteiger partial charge in [-0.25, -0.2) is 9.97 Å². The topological polar surface area (TPSA) is 83.3 Å². The molecule has 7 nitrogen and oxygen atoms in total. The fourth-order valence-electron chi connectivity index (χ4n) is 2.29. The minimum atomic E-state index is -4.29. The molecule has 0 spiro atoms. The summed E-state index contributed by atoms with van der Waals surface area (Å²) in [6, 6.07) is 4.01. The van der Waals surface area contributed by atoms with Gasteiger partial charge in [-0.05, 0) is 12.1 Å². The molecule has 0 saturated carbocycles. The fraction of sp³-hybridized carbons (Fsp3) is 0.438. The quantitative estimate of drug-likeness (QED) is 0.774. The summed E-state index contributed by atoms with van der Waals surface area (Å²) in [6.07, 6.45) is 0.767. The number of carbonyl (C=O) groups is 1. The van der Waals surface area contributed by atoms with Gasteiger partial charge in [-0.15, -0.1) is 0 Å². The number of carbonyl (C=O) groups excluding carboxylic acids is 1. The molecule has 3 heterocycles. The van der Waals surface area contributed by atoms with Gasteiger partial charge < -0.3 is 15.1 Å². The van der Waals surface area contributed by atoms with Crippen LogP contribution in [-0.2, 0) is 11.3 Å². The Labute approximate surface area is 148 Å². The number of piperazine rings is 1. The van der Waals surface area contributed by atoms with Crippen molar-refractivity contribution in [2.45, 2.75) is 12.7 Å². The summed E-state index contributed by atoms with van der Waals surface area (Å²) in [7, 11) is 0. The molecule has 3 rings (SSSR count). The van der Waals surface area contributed by atoms with Crippen LogP contribution in [0.1, 0.15) is 5.76 Å². The molecule has 2 aromatic rings. The minimum absolute atomic E-state index is 0.00743. The number of rotatable bonds is 5. The van der Waals surface area contributed by atoms with E-state index in [4.69, 9.17) is 4.42 Å². The number of furan rings is 1. The van der Waals surface area contributed by atoms with Crippen molar-refractivity contribution in [1.82, 2.24) is 25.5 Å². The molecule has 0 radical (unpaired) electrons. The van der Waals surface area contributed by atoms with Gasteiger partial charge >= 0.3 is 6.18 Å². The first-order valence-corrected chi connectivity index (χ1v) is 7.99. The molecule has 1 aliphatic heterocycles. The molecule has 0 aromatic carbocycles. The smallest absolute Gasteiger partial charge is 0.405 e. The Morgan fingerprint density at radius 3 is 2.50 bits per heavy atom. The van der Waals surface area contributed by atoms with Gasteiger partial charge in [0.1, 0.15) is 24.4 Å². The van der Waals surface area contributed by atoms with Crippen molar-refractivity contribution < 1.29 is 22.4 Å². The number of hydrogen-bond donors (Lipinski definition) is 2. The maximum absolute atomic E-state index is 11.0. The lowest BCUT2D eigenvalue weighted by atomic mass is 10.3. The highest BCUT2D eigenvalue weighted by molar-refractivity contribution is 5.54. The highest BCUT2D eigenvalue weighted by atomic mass is 19.4. The fourth-order valence-corrected chi connectivity index (χ4v) is 2.29. The van der Waals surface area contributed by atoms with E-state index in [1.54, 1.807) is 12.4 Å². The van der Waals surface area contributed by atoms with Crippen molar-refractivity contribution in [2.24, 2.45) is 0 Å². The molecular weight excluding hydrogens is 351 g/mol. The number of alkyl halides is 3. The van der Waals surface area contributed by atoms with E-state index in [1.165, 1.54) is 11.6 Å². The average molecular weight is 371 g/mol. The van der Waals surface area contributed by atoms with Crippen LogP contribution in [0.2, 0.25) is 0 Å². The van der Waals surface area contributed by atoms with Crippen LogP contribution in [0.5, 0.6) is 0 Å². The van der Waals surface area contributed by atoms with E-state index in [9.17, 15) is 18.0 Å². The maximum atomic E-state index is 11.0. The third-order valence-electron chi connectivity index (χ3n) is 3.48. The average Bonchev–Trinajstić information content (AvgIpc) is 3.10. The standard InChI is InChI=1S/C13H16N4O.C3H4F3NO/c1-2-13(11-7-15-10-16-8-11)18-12(1)9-17-5-3-14-4-6-17;4-3(5,6)1-7-2-8/h1-2,7-8,10,14H,3-6,9H2;2H,1H2,(H,7,8). The first-order valence-electron chi connectivity index (χ1n) is 7.99. The Bertz CT molecular complexity index is 657. The lowest BCUT2D eigenvalue weighted by Gasteiger charge is -2.26. The van der Waals surface area contributed by atoms with Crippen molar-refractivity contribution in [3.63, 3.8) is 0 Å². The predicted octanol–water partition coefficient (Wildman–Crippen LogP) is 1.44. The van der Waals surface area contributed by atoms with Crippen LogP contribution in [0.4, 0.5) is 13.2 Å². The predicted molar refractivity (Wildman–Crippen MR) is 88.0 cm³/mol. The molecule has 10 heteroatoms. The van der Waals surface area contributed by atoms with Crippen molar-refractivity contribution in [3.05, 3.63) is 36.6 Å². The zero-order valence-corrected chi connectivity index (χ0v) is 14.0. The van der Waals surface area contributed by atoms with E-state index in [0.29, 0.717) is 0 Å². The number of hydrogen-bond acceptors (Lipinski definition) is 6. The summed E-state index contributed by atoms with van der Waals surface area (Å²) < 4.78 is 38.9. The second-order valence-electron chi connectivity index (χ2n) is 5.53. The molecule has 2 aromatic heterocycles. The molecule has 2 N–H and O–H groups in total. The van der Waals surface area contributed by atoms with E-state index in [1.807, 2.05) is 12.1 Å². The van der Waals surface area contributed by atoms with Crippen molar-refractivity contribution in [2.75, 3.05) is 32.7 Å². The van der Waals surface area contributed by atoms with Gasteiger partial charge in [0, 0.05) is 38.6 Å². The second kappa shape index (κ2) is 9.88. The van der Waals surface area contributed by atoms with Gasteiger partial charge in [-0.2, -0.15) is 13.2 Å². The Morgan fingerprint density at radius 2 is 1.92 bits per heavy atom. The highest BCUT2D eigenvalue weighted by Crippen LogP contribution is 2.21. The monoisotopic (exact) mass is 371 g/mol. The highest BCUT2D eigenvalue weighted by Gasteiger charge is 2.25. The minimum Gasteiger partial charge on any atom is -0.460 e. The lowest BCUT2D eigenvalue weighted by Crippen LogP contribution is -2.42. The van der Waals surface area contributed by atoms with Crippen LogP contribution in [-0.4, -0.2) is 60.2 Å². The van der Waals surface area contributed by atoms with Crippen LogP contribution in [0.15, 0.2) is 35.3 Å². The summed E-state index contributed by atoms with van der Waals surface area (Å²) in [5, 5.41) is 4.83. The normalized spacial score (nSPS) is 15.0. The number of amides is 1. The summed E-state index contributed by atoms with van der Waals surface area (Å²) in [6.45, 7) is 3.88. The van der Waals surface area contributed by atoms with Crippen LogP contribution in [0, 0.1) is 0 Å². The number of halogens is 3. The van der Waals surface area contributed by atoms with Gasteiger partial charge in [0.25, 0.3) is 0 Å². The third-order valence-corrected chi connectivity index (χ3v) is 3.48. The van der Waals surface area contributed by atoms with Crippen LogP contribution < -0.4 is 10.6 Å². The molecule has 142 valence electrons. The molecule has 1 aliphatic rings. The number of aromatic nitrogens is 2. The van der Waals surface area contributed by atoms with Gasteiger partial charge in [0.15, 0.2) is 0 Å². The summed E-state index contributed by atoms with van der Waals surface area (Å²) in [4.78, 5) is 19.6. The first kappa shape index (κ1) is 19.9. The lowest BCUT2D eigenvalue weighted by molar-refractivity contribution is -0.132. The third kappa shape index (κ3) is 7.19. The maximum Gasteiger partial charge on any atom is 0.405 e. The molecule has 1 amide bonds. The van der Waals surface area contributed by atoms with E-state index in [0.717, 1.165) is 49.8 Å². The number of nitrogens with one attached hydrogen (secondary N) is 2. The van der Waals surface area contributed by atoms with E-state index in [-0.39, 0.29) is 6.41 Å². The molecule has 1 fully saturated rings. The molecule has 1 saturated heterocycles. The van der Waals surface area contributed by atoms with E-state index < -0.39 is 12.7 Å². The largest absolute Gasteiger partial charge is 0.460 e. The summed E-state index contributed by atoms with van der Waals surface area (Å²) in [5.41, 5.74) is 0.920. The van der Waals surface area contributed by atoms with Gasteiger partial charge in [-0.3, -0.25) is 9.69 Å².